The highest BCUT2D eigenvalue weighted by Gasteiger charge is 2.30. The molecule has 0 aliphatic heterocycles. The zero-order valence-corrected chi connectivity index (χ0v) is 9.62. The van der Waals surface area contributed by atoms with Crippen LogP contribution < -0.4 is 4.74 Å². The molecular formula is C11H7F3O3S. The van der Waals surface area contributed by atoms with Crippen molar-refractivity contribution in [2.45, 2.75) is 6.36 Å². The first-order chi connectivity index (χ1) is 8.20. The first kappa shape index (κ1) is 15.9. The van der Waals surface area contributed by atoms with Crippen LogP contribution in [0.1, 0.15) is 0 Å². The molecule has 0 saturated carbocycles. The van der Waals surface area contributed by atoms with Gasteiger partial charge in [-0.2, -0.15) is 0 Å². The van der Waals surface area contributed by atoms with Crippen LogP contribution in [0, 0.1) is 23.4 Å². The number of alkyl halides is 3. The standard InChI is InChI=1S/C7H5F3O.C4H2O2S/c8-7(9,10)11-6-4-2-1-3-5-6;1-3-7(5,6)4-2/h1-5H;1-2H. The molecule has 18 heavy (non-hydrogen) atoms. The molecule has 0 saturated heterocycles. The Kier molecular flexibility index (Phi) is 5.80. The predicted molar refractivity (Wildman–Crippen MR) is 59.7 cm³/mol. The Balaban J connectivity index is 0.000000360. The molecule has 1 aromatic carbocycles. The lowest BCUT2D eigenvalue weighted by Gasteiger charge is -2.07. The number of benzene rings is 1. The van der Waals surface area contributed by atoms with Crippen molar-refractivity contribution in [2.24, 2.45) is 0 Å². The van der Waals surface area contributed by atoms with Crippen LogP contribution in [0.5, 0.6) is 5.75 Å². The quantitative estimate of drug-likeness (QED) is 0.583. The third kappa shape index (κ3) is 8.08. The Hall–Kier alpha value is -2.12. The van der Waals surface area contributed by atoms with E-state index in [4.69, 9.17) is 0 Å². The third-order valence-corrected chi connectivity index (χ3v) is 1.91. The number of terminal acetylenes is 2. The maximum absolute atomic E-state index is 11.5. The molecule has 0 radical (unpaired) electrons. The van der Waals surface area contributed by atoms with Crippen LogP contribution in [-0.2, 0) is 9.84 Å². The highest BCUT2D eigenvalue weighted by Crippen LogP contribution is 2.21. The minimum absolute atomic E-state index is 0.194. The van der Waals surface area contributed by atoms with E-state index in [1.54, 1.807) is 6.07 Å². The molecule has 0 amide bonds. The van der Waals surface area contributed by atoms with Crippen LogP contribution in [0.25, 0.3) is 0 Å². The topological polar surface area (TPSA) is 43.4 Å². The Labute approximate surface area is 102 Å². The lowest BCUT2D eigenvalue weighted by molar-refractivity contribution is -0.274. The summed E-state index contributed by atoms with van der Waals surface area (Å²) in [5.41, 5.74) is 0. The summed E-state index contributed by atoms with van der Waals surface area (Å²) in [5.74, 6) is -0.194. The van der Waals surface area contributed by atoms with Crippen molar-refractivity contribution < 1.29 is 26.3 Å². The Morgan fingerprint density at radius 3 is 1.78 bits per heavy atom. The molecule has 7 heteroatoms. The van der Waals surface area contributed by atoms with Gasteiger partial charge in [-0.25, -0.2) is 8.42 Å². The largest absolute Gasteiger partial charge is 0.573 e. The van der Waals surface area contributed by atoms with Crippen molar-refractivity contribution in [3.8, 4) is 29.1 Å². The van der Waals surface area contributed by atoms with Crippen LogP contribution in [0.15, 0.2) is 30.3 Å². The minimum Gasteiger partial charge on any atom is -0.406 e. The molecule has 0 bridgehead atoms. The molecule has 0 N–H and O–H groups in total. The van der Waals surface area contributed by atoms with E-state index in [-0.39, 0.29) is 5.75 Å². The zero-order valence-electron chi connectivity index (χ0n) is 8.81. The van der Waals surface area contributed by atoms with Crippen LogP contribution in [0.2, 0.25) is 0 Å². The van der Waals surface area contributed by atoms with Gasteiger partial charge in [0, 0.05) is 10.5 Å². The fourth-order valence-corrected chi connectivity index (χ4v) is 0.724. The Morgan fingerprint density at radius 1 is 1.06 bits per heavy atom. The van der Waals surface area contributed by atoms with E-state index < -0.39 is 16.2 Å². The van der Waals surface area contributed by atoms with Crippen molar-refractivity contribution in [2.75, 3.05) is 0 Å². The second-order valence-corrected chi connectivity index (χ2v) is 4.08. The van der Waals surface area contributed by atoms with E-state index in [0.29, 0.717) is 0 Å². The Bertz CT molecular complexity index is 528. The summed E-state index contributed by atoms with van der Waals surface area (Å²) in [5, 5.41) is 2.85. The maximum atomic E-state index is 11.5. The summed E-state index contributed by atoms with van der Waals surface area (Å²) in [7, 11) is -3.60. The molecule has 0 spiro atoms. The van der Waals surface area contributed by atoms with Gasteiger partial charge in [-0.05, 0) is 12.1 Å². The number of sulfone groups is 1. The van der Waals surface area contributed by atoms with E-state index in [0.717, 1.165) is 0 Å². The molecule has 0 aliphatic rings. The number of rotatable bonds is 1. The van der Waals surface area contributed by atoms with Gasteiger partial charge in [0.25, 0.3) is 9.84 Å². The summed E-state index contributed by atoms with van der Waals surface area (Å²) in [6.07, 6.45) is 4.28. The van der Waals surface area contributed by atoms with Gasteiger partial charge in [0.05, 0.1) is 0 Å². The van der Waals surface area contributed by atoms with Gasteiger partial charge in [-0.15, -0.1) is 26.0 Å². The molecular weight excluding hydrogens is 269 g/mol. The van der Waals surface area contributed by atoms with Crippen LogP contribution >= 0.6 is 0 Å². The smallest absolute Gasteiger partial charge is 0.406 e. The Morgan fingerprint density at radius 2 is 1.50 bits per heavy atom. The first-order valence-electron chi connectivity index (χ1n) is 4.20. The molecule has 0 aliphatic carbocycles. The van der Waals surface area contributed by atoms with Gasteiger partial charge < -0.3 is 4.74 Å². The molecule has 0 heterocycles. The van der Waals surface area contributed by atoms with E-state index in [1.165, 1.54) is 34.8 Å². The van der Waals surface area contributed by atoms with Crippen LogP contribution in [-0.4, -0.2) is 14.8 Å². The molecule has 1 rings (SSSR count). The fourth-order valence-electron chi connectivity index (χ4n) is 0.656. The van der Waals surface area contributed by atoms with Crippen molar-refractivity contribution in [3.63, 3.8) is 0 Å². The molecule has 0 unspecified atom stereocenters. The highest BCUT2D eigenvalue weighted by molar-refractivity contribution is 8.00. The number of para-hydroxylation sites is 1. The third-order valence-electron chi connectivity index (χ3n) is 1.29. The lowest BCUT2D eigenvalue weighted by atomic mass is 10.3. The van der Waals surface area contributed by atoms with Crippen molar-refractivity contribution in [1.82, 2.24) is 0 Å². The molecule has 0 atom stereocenters. The van der Waals surface area contributed by atoms with E-state index in [2.05, 4.69) is 17.6 Å². The number of halogens is 3. The number of ether oxygens (including phenoxy) is 1. The minimum atomic E-state index is -4.60. The normalized spacial score (nSPS) is 10.3. The zero-order chi connectivity index (χ0) is 14.2. The first-order valence-corrected chi connectivity index (χ1v) is 5.69. The average molecular weight is 276 g/mol. The number of hydrogen-bond donors (Lipinski definition) is 0. The van der Waals surface area contributed by atoms with Gasteiger partial charge in [0.1, 0.15) is 5.75 Å². The molecule has 0 fully saturated rings. The van der Waals surface area contributed by atoms with Gasteiger partial charge in [0.2, 0.25) is 0 Å². The van der Waals surface area contributed by atoms with Gasteiger partial charge >= 0.3 is 6.36 Å². The predicted octanol–water partition coefficient (Wildman–Crippen LogP) is 2.17. The highest BCUT2D eigenvalue weighted by atomic mass is 32.2. The lowest BCUT2D eigenvalue weighted by Crippen LogP contribution is -2.16. The molecule has 96 valence electrons. The van der Waals surface area contributed by atoms with Crippen molar-refractivity contribution >= 4 is 9.84 Å². The summed E-state index contributed by atoms with van der Waals surface area (Å²) in [4.78, 5) is 0. The number of hydrogen-bond acceptors (Lipinski definition) is 3. The molecule has 3 nitrogen and oxygen atoms in total. The summed E-state index contributed by atoms with van der Waals surface area (Å²) >= 11 is 0. The maximum Gasteiger partial charge on any atom is 0.573 e. The van der Waals surface area contributed by atoms with Crippen LogP contribution in [0.4, 0.5) is 13.2 Å². The van der Waals surface area contributed by atoms with E-state index in [1.807, 2.05) is 0 Å². The monoisotopic (exact) mass is 276 g/mol. The summed E-state index contributed by atoms with van der Waals surface area (Å²) in [6, 6.07) is 7.05. The van der Waals surface area contributed by atoms with Gasteiger partial charge in [-0.3, -0.25) is 0 Å². The second kappa shape index (κ2) is 6.58. The fraction of sp³-hybridized carbons (Fsp3) is 0.0909. The van der Waals surface area contributed by atoms with Crippen LogP contribution in [0.3, 0.4) is 0 Å². The van der Waals surface area contributed by atoms with Crippen molar-refractivity contribution in [3.05, 3.63) is 30.3 Å². The summed E-state index contributed by atoms with van der Waals surface area (Å²) < 4.78 is 58.0. The van der Waals surface area contributed by atoms with Crippen molar-refractivity contribution in [1.29, 1.82) is 0 Å². The molecule has 1 aromatic rings. The van der Waals surface area contributed by atoms with E-state index >= 15 is 0 Å². The van der Waals surface area contributed by atoms with E-state index in [9.17, 15) is 21.6 Å². The average Bonchev–Trinajstić information content (AvgIpc) is 2.29. The molecule has 0 aromatic heterocycles. The van der Waals surface area contributed by atoms with Gasteiger partial charge in [0.15, 0.2) is 0 Å². The summed E-state index contributed by atoms with van der Waals surface area (Å²) in [6.45, 7) is 0. The second-order valence-electron chi connectivity index (χ2n) is 2.60. The SMILES string of the molecule is C#CS(=O)(=O)C#C.FC(F)(F)Oc1ccccc1. The van der Waals surface area contributed by atoms with Gasteiger partial charge in [-0.1, -0.05) is 18.2 Å².